The summed E-state index contributed by atoms with van der Waals surface area (Å²) in [5.74, 6) is -0.508. The second kappa shape index (κ2) is 7.08. The van der Waals surface area contributed by atoms with Crippen LogP contribution in [0.3, 0.4) is 0 Å². The van der Waals surface area contributed by atoms with Crippen molar-refractivity contribution in [2.75, 3.05) is 25.5 Å². The lowest BCUT2D eigenvalue weighted by molar-refractivity contribution is -0.145. The Bertz CT molecular complexity index is 518. The van der Waals surface area contributed by atoms with E-state index in [9.17, 15) is 14.7 Å². The molecular formula is C15H20N2O4. The number of carbonyl (C=O) groups excluding carboxylic acids is 1. The summed E-state index contributed by atoms with van der Waals surface area (Å²) < 4.78 is 5.17. The van der Waals surface area contributed by atoms with Crippen molar-refractivity contribution in [3.63, 3.8) is 0 Å². The van der Waals surface area contributed by atoms with E-state index in [2.05, 4.69) is 5.32 Å². The van der Waals surface area contributed by atoms with Crippen molar-refractivity contribution >= 4 is 17.6 Å². The Labute approximate surface area is 123 Å². The number of para-hydroxylation sites is 2. The number of ether oxygens (including phenoxy) is 1. The second-order valence-corrected chi connectivity index (χ2v) is 5.07. The first-order valence-electron chi connectivity index (χ1n) is 7.01. The van der Waals surface area contributed by atoms with Gasteiger partial charge in [-0.05, 0) is 31.5 Å². The number of hydrogen-bond donors (Lipinski definition) is 2. The van der Waals surface area contributed by atoms with Crippen LogP contribution in [0.4, 0.5) is 5.69 Å². The highest BCUT2D eigenvalue weighted by molar-refractivity contribution is 5.94. The molecule has 6 nitrogen and oxygen atoms in total. The number of methoxy groups -OCH3 is 1. The first kappa shape index (κ1) is 15.3. The van der Waals surface area contributed by atoms with E-state index in [4.69, 9.17) is 4.74 Å². The minimum Gasteiger partial charge on any atom is -0.495 e. The van der Waals surface area contributed by atoms with Gasteiger partial charge in [-0.25, -0.2) is 0 Å². The zero-order chi connectivity index (χ0) is 15.2. The molecule has 114 valence electrons. The standard InChI is InChI=1S/C15H20N2O4/c1-21-13-8-3-2-6-11(13)16-14(18)10-17-9-5-4-7-12(17)15(19)20/h2-3,6,8,12H,4-5,7,9-10H2,1H3,(H,16,18)(H,19,20). The van der Waals surface area contributed by atoms with Crippen molar-refractivity contribution < 1.29 is 19.4 Å². The van der Waals surface area contributed by atoms with Gasteiger partial charge in [-0.15, -0.1) is 0 Å². The predicted molar refractivity (Wildman–Crippen MR) is 78.5 cm³/mol. The molecule has 0 saturated carbocycles. The van der Waals surface area contributed by atoms with Crippen LogP contribution in [-0.4, -0.2) is 48.1 Å². The van der Waals surface area contributed by atoms with E-state index in [1.807, 2.05) is 6.07 Å². The SMILES string of the molecule is COc1ccccc1NC(=O)CN1CCCCC1C(=O)O. The molecule has 6 heteroatoms. The fourth-order valence-corrected chi connectivity index (χ4v) is 2.58. The molecule has 1 aromatic carbocycles. The fourth-order valence-electron chi connectivity index (χ4n) is 2.58. The summed E-state index contributed by atoms with van der Waals surface area (Å²) in [5, 5.41) is 12.0. The summed E-state index contributed by atoms with van der Waals surface area (Å²) in [4.78, 5) is 25.0. The Balaban J connectivity index is 1.99. The van der Waals surface area contributed by atoms with E-state index < -0.39 is 12.0 Å². The lowest BCUT2D eigenvalue weighted by Crippen LogP contribution is -2.47. The number of nitrogens with zero attached hydrogens (tertiary/aromatic N) is 1. The Morgan fingerprint density at radius 2 is 2.14 bits per heavy atom. The summed E-state index contributed by atoms with van der Waals surface area (Å²) in [6.45, 7) is 0.714. The van der Waals surface area contributed by atoms with Crippen LogP contribution in [0, 0.1) is 0 Å². The summed E-state index contributed by atoms with van der Waals surface area (Å²) in [6.07, 6.45) is 2.41. The van der Waals surface area contributed by atoms with Gasteiger partial charge in [0.05, 0.1) is 19.3 Å². The van der Waals surface area contributed by atoms with Crippen LogP contribution in [0.25, 0.3) is 0 Å². The maximum absolute atomic E-state index is 12.1. The lowest BCUT2D eigenvalue weighted by Gasteiger charge is -2.32. The van der Waals surface area contributed by atoms with Gasteiger partial charge in [-0.3, -0.25) is 14.5 Å². The molecule has 1 aliphatic rings. The Hall–Kier alpha value is -2.08. The summed E-state index contributed by atoms with van der Waals surface area (Å²) in [7, 11) is 1.54. The number of carboxylic acid groups (broad SMARTS) is 1. The minimum absolute atomic E-state index is 0.0784. The molecule has 0 bridgehead atoms. The second-order valence-electron chi connectivity index (χ2n) is 5.07. The first-order valence-corrected chi connectivity index (χ1v) is 7.01. The van der Waals surface area contributed by atoms with Crippen molar-refractivity contribution in [2.24, 2.45) is 0 Å². The molecule has 0 radical (unpaired) electrons. The van der Waals surface area contributed by atoms with E-state index in [0.29, 0.717) is 24.4 Å². The predicted octanol–water partition coefficient (Wildman–Crippen LogP) is 1.57. The topological polar surface area (TPSA) is 78.9 Å². The number of nitrogens with one attached hydrogen (secondary N) is 1. The molecule has 1 fully saturated rings. The first-order chi connectivity index (χ1) is 10.1. The van der Waals surface area contributed by atoms with Gasteiger partial charge in [-0.1, -0.05) is 18.6 Å². The number of carbonyl (C=O) groups is 2. The van der Waals surface area contributed by atoms with Gasteiger partial charge in [0.15, 0.2) is 0 Å². The Morgan fingerprint density at radius 3 is 2.86 bits per heavy atom. The van der Waals surface area contributed by atoms with Crippen molar-refractivity contribution in [3.05, 3.63) is 24.3 Å². The molecule has 1 heterocycles. The monoisotopic (exact) mass is 292 g/mol. The highest BCUT2D eigenvalue weighted by Gasteiger charge is 2.29. The van der Waals surface area contributed by atoms with Crippen molar-refractivity contribution in [1.29, 1.82) is 0 Å². The van der Waals surface area contributed by atoms with E-state index >= 15 is 0 Å². The molecule has 0 spiro atoms. The zero-order valence-corrected chi connectivity index (χ0v) is 12.0. The molecule has 0 aliphatic carbocycles. The zero-order valence-electron chi connectivity index (χ0n) is 12.0. The number of amides is 1. The molecule has 1 aromatic rings. The van der Waals surface area contributed by atoms with Crippen LogP contribution >= 0.6 is 0 Å². The van der Waals surface area contributed by atoms with Gasteiger partial charge in [0.2, 0.25) is 5.91 Å². The summed E-state index contributed by atoms with van der Waals surface area (Å²) in [6, 6.07) is 6.57. The number of rotatable bonds is 5. The quantitative estimate of drug-likeness (QED) is 0.861. The molecule has 21 heavy (non-hydrogen) atoms. The maximum Gasteiger partial charge on any atom is 0.320 e. The van der Waals surface area contributed by atoms with Crippen LogP contribution in [0.15, 0.2) is 24.3 Å². The van der Waals surface area contributed by atoms with E-state index in [0.717, 1.165) is 12.8 Å². The number of carboxylic acids is 1. The smallest absolute Gasteiger partial charge is 0.320 e. The largest absolute Gasteiger partial charge is 0.495 e. The van der Waals surface area contributed by atoms with Gasteiger partial charge in [0, 0.05) is 0 Å². The van der Waals surface area contributed by atoms with Crippen LogP contribution in [-0.2, 0) is 9.59 Å². The fraction of sp³-hybridized carbons (Fsp3) is 0.467. The van der Waals surface area contributed by atoms with Crippen LogP contribution in [0.2, 0.25) is 0 Å². The number of piperidine rings is 1. The maximum atomic E-state index is 12.1. The molecule has 2 N–H and O–H groups in total. The van der Waals surface area contributed by atoms with Gasteiger partial charge >= 0.3 is 5.97 Å². The highest BCUT2D eigenvalue weighted by atomic mass is 16.5. The number of hydrogen-bond acceptors (Lipinski definition) is 4. The van der Waals surface area contributed by atoms with Crippen LogP contribution < -0.4 is 10.1 Å². The lowest BCUT2D eigenvalue weighted by atomic mass is 10.0. The van der Waals surface area contributed by atoms with Crippen molar-refractivity contribution in [1.82, 2.24) is 4.90 Å². The normalized spacial score (nSPS) is 19.0. The van der Waals surface area contributed by atoms with Gasteiger partial charge in [0.1, 0.15) is 11.8 Å². The number of likely N-dealkylation sites (tertiary alicyclic amines) is 1. The van der Waals surface area contributed by atoms with E-state index in [1.54, 1.807) is 23.1 Å². The van der Waals surface area contributed by atoms with Gasteiger partial charge in [-0.2, -0.15) is 0 Å². The molecule has 0 aromatic heterocycles. The Morgan fingerprint density at radius 1 is 1.38 bits per heavy atom. The van der Waals surface area contributed by atoms with Crippen LogP contribution in [0.5, 0.6) is 5.75 Å². The molecule has 1 aliphatic heterocycles. The third kappa shape index (κ3) is 3.95. The van der Waals surface area contributed by atoms with Crippen molar-refractivity contribution in [2.45, 2.75) is 25.3 Å². The van der Waals surface area contributed by atoms with E-state index in [1.165, 1.54) is 7.11 Å². The molecule has 1 amide bonds. The molecule has 1 unspecified atom stereocenters. The third-order valence-corrected chi connectivity index (χ3v) is 3.63. The molecular weight excluding hydrogens is 272 g/mol. The molecule has 1 saturated heterocycles. The number of benzene rings is 1. The van der Waals surface area contributed by atoms with Gasteiger partial charge < -0.3 is 15.2 Å². The summed E-state index contributed by atoms with van der Waals surface area (Å²) >= 11 is 0. The molecule has 2 rings (SSSR count). The highest BCUT2D eigenvalue weighted by Crippen LogP contribution is 2.23. The molecule has 1 atom stereocenters. The average molecular weight is 292 g/mol. The van der Waals surface area contributed by atoms with E-state index in [-0.39, 0.29) is 12.5 Å². The number of aliphatic carboxylic acids is 1. The number of anilines is 1. The van der Waals surface area contributed by atoms with Crippen LogP contribution in [0.1, 0.15) is 19.3 Å². The van der Waals surface area contributed by atoms with Crippen molar-refractivity contribution in [3.8, 4) is 5.75 Å². The summed E-state index contributed by atoms with van der Waals surface area (Å²) in [5.41, 5.74) is 0.592. The minimum atomic E-state index is -0.861. The Kier molecular flexibility index (Phi) is 5.16. The third-order valence-electron chi connectivity index (χ3n) is 3.63. The van der Waals surface area contributed by atoms with Gasteiger partial charge in [0.25, 0.3) is 0 Å². The average Bonchev–Trinajstić information content (AvgIpc) is 2.48.